The topological polar surface area (TPSA) is 128 Å². The van der Waals surface area contributed by atoms with E-state index in [4.69, 9.17) is 9.47 Å². The number of esters is 2. The molecule has 0 saturated heterocycles. The highest BCUT2D eigenvalue weighted by Gasteiger charge is 2.41. The van der Waals surface area contributed by atoms with E-state index in [1.165, 1.54) is 12.1 Å². The summed E-state index contributed by atoms with van der Waals surface area (Å²) in [7, 11) is 0. The van der Waals surface area contributed by atoms with Crippen LogP contribution in [-0.4, -0.2) is 35.2 Å². The second kappa shape index (κ2) is 8.55. The molecule has 0 fully saturated rings. The van der Waals surface area contributed by atoms with Crippen molar-refractivity contribution < 1.29 is 29.1 Å². The zero-order valence-electron chi connectivity index (χ0n) is 16.1. The molecule has 9 heteroatoms. The number of dihydropyridines is 1. The Morgan fingerprint density at radius 3 is 2.04 bits per heavy atom. The van der Waals surface area contributed by atoms with Crippen molar-refractivity contribution in [1.82, 2.24) is 5.32 Å². The molecule has 1 aliphatic heterocycles. The van der Waals surface area contributed by atoms with Crippen molar-refractivity contribution in [3.63, 3.8) is 0 Å². The molecular formula is C19H22N2O7. The number of nitrogens with zero attached hydrogens (tertiary/aromatic N) is 1. The zero-order chi connectivity index (χ0) is 21.0. The number of benzene rings is 1. The van der Waals surface area contributed by atoms with E-state index in [0.717, 1.165) is 6.07 Å². The number of carbonyl (C=O) groups excluding carboxylic acids is 2. The van der Waals surface area contributed by atoms with E-state index in [-0.39, 0.29) is 41.4 Å². The van der Waals surface area contributed by atoms with E-state index < -0.39 is 22.8 Å². The normalized spacial score (nSPS) is 14.6. The van der Waals surface area contributed by atoms with E-state index in [9.17, 15) is 24.8 Å². The molecule has 0 aliphatic carbocycles. The summed E-state index contributed by atoms with van der Waals surface area (Å²) < 4.78 is 10.2. The minimum absolute atomic E-state index is 0.00342. The Bertz CT molecular complexity index is 846. The van der Waals surface area contributed by atoms with Gasteiger partial charge in [-0.25, -0.2) is 9.59 Å². The summed E-state index contributed by atoms with van der Waals surface area (Å²) in [5.74, 6) is -2.80. The van der Waals surface area contributed by atoms with Gasteiger partial charge < -0.3 is 19.9 Å². The molecule has 2 rings (SSSR count). The number of phenolic OH excluding ortho intramolecular Hbond substituents is 1. The fourth-order valence-electron chi connectivity index (χ4n) is 3.20. The van der Waals surface area contributed by atoms with Gasteiger partial charge in [-0.3, -0.25) is 10.1 Å². The van der Waals surface area contributed by atoms with Gasteiger partial charge in [-0.1, -0.05) is 0 Å². The van der Waals surface area contributed by atoms with E-state index in [1.807, 2.05) is 0 Å². The maximum atomic E-state index is 12.7. The van der Waals surface area contributed by atoms with Crippen molar-refractivity contribution in [3.8, 4) is 5.75 Å². The zero-order valence-corrected chi connectivity index (χ0v) is 16.1. The summed E-state index contributed by atoms with van der Waals surface area (Å²) >= 11 is 0. The molecule has 0 amide bonds. The third kappa shape index (κ3) is 3.98. The van der Waals surface area contributed by atoms with Gasteiger partial charge in [0.1, 0.15) is 5.75 Å². The Balaban J connectivity index is 2.81. The second-order valence-corrected chi connectivity index (χ2v) is 6.08. The number of aromatic hydroxyl groups is 1. The number of rotatable bonds is 6. The summed E-state index contributed by atoms with van der Waals surface area (Å²) in [6.45, 7) is 6.65. The number of nitro benzene ring substituents is 1. The maximum Gasteiger partial charge on any atom is 0.336 e. The summed E-state index contributed by atoms with van der Waals surface area (Å²) in [5.41, 5.74) is 0.539. The summed E-state index contributed by atoms with van der Waals surface area (Å²) in [5, 5.41) is 24.5. The maximum absolute atomic E-state index is 12.7. The van der Waals surface area contributed by atoms with Gasteiger partial charge >= 0.3 is 11.9 Å². The van der Waals surface area contributed by atoms with Crippen LogP contribution in [0.5, 0.6) is 5.75 Å². The fraction of sp³-hybridized carbons (Fsp3) is 0.368. The van der Waals surface area contributed by atoms with Gasteiger partial charge in [-0.15, -0.1) is 0 Å². The van der Waals surface area contributed by atoms with E-state index in [0.29, 0.717) is 11.4 Å². The molecule has 0 spiro atoms. The van der Waals surface area contributed by atoms with E-state index >= 15 is 0 Å². The second-order valence-electron chi connectivity index (χ2n) is 6.08. The highest BCUT2D eigenvalue weighted by molar-refractivity contribution is 6.00. The highest BCUT2D eigenvalue weighted by atomic mass is 16.6. The van der Waals surface area contributed by atoms with Crippen LogP contribution in [0.4, 0.5) is 5.69 Å². The number of nitro groups is 1. The Morgan fingerprint density at radius 2 is 1.61 bits per heavy atom. The number of allylic oxidation sites excluding steroid dienone is 2. The lowest BCUT2D eigenvalue weighted by Gasteiger charge is -2.30. The molecule has 28 heavy (non-hydrogen) atoms. The van der Waals surface area contributed by atoms with Gasteiger partial charge in [-0.2, -0.15) is 0 Å². The third-order valence-corrected chi connectivity index (χ3v) is 4.27. The first kappa shape index (κ1) is 20.9. The monoisotopic (exact) mass is 390 g/mol. The lowest BCUT2D eigenvalue weighted by atomic mass is 9.79. The van der Waals surface area contributed by atoms with Crippen molar-refractivity contribution in [1.29, 1.82) is 0 Å². The van der Waals surface area contributed by atoms with Crippen molar-refractivity contribution in [2.24, 2.45) is 0 Å². The predicted molar refractivity (Wildman–Crippen MR) is 99.3 cm³/mol. The predicted octanol–water partition coefficient (Wildman–Crippen LogP) is 2.66. The lowest BCUT2D eigenvalue weighted by molar-refractivity contribution is -0.385. The van der Waals surface area contributed by atoms with Gasteiger partial charge in [0.05, 0.1) is 35.2 Å². The molecule has 0 radical (unpaired) electrons. The molecule has 0 bridgehead atoms. The van der Waals surface area contributed by atoms with Gasteiger partial charge in [0.25, 0.3) is 5.69 Å². The molecular weight excluding hydrogens is 368 g/mol. The summed E-state index contributed by atoms with van der Waals surface area (Å²) in [4.78, 5) is 36.3. The Hall–Kier alpha value is -3.36. The molecule has 150 valence electrons. The summed E-state index contributed by atoms with van der Waals surface area (Å²) in [6.07, 6.45) is 0. The summed E-state index contributed by atoms with van der Waals surface area (Å²) in [6, 6.07) is 3.47. The molecule has 1 aromatic rings. The number of nitrogens with one attached hydrogen (secondary N) is 1. The molecule has 0 aromatic heterocycles. The van der Waals surface area contributed by atoms with Crippen LogP contribution in [0.15, 0.2) is 40.7 Å². The van der Waals surface area contributed by atoms with Crippen LogP contribution in [0.2, 0.25) is 0 Å². The van der Waals surface area contributed by atoms with Crippen LogP contribution in [-0.2, 0) is 19.1 Å². The first-order chi connectivity index (χ1) is 13.2. The Morgan fingerprint density at radius 1 is 1.11 bits per heavy atom. The number of phenols is 1. The van der Waals surface area contributed by atoms with Gasteiger partial charge in [0.15, 0.2) is 0 Å². The first-order valence-corrected chi connectivity index (χ1v) is 8.72. The highest BCUT2D eigenvalue weighted by Crippen LogP contribution is 2.43. The quantitative estimate of drug-likeness (QED) is 0.431. The molecule has 1 aromatic carbocycles. The molecule has 1 heterocycles. The van der Waals surface area contributed by atoms with Crippen LogP contribution in [0.3, 0.4) is 0 Å². The van der Waals surface area contributed by atoms with Crippen LogP contribution in [0, 0.1) is 10.1 Å². The van der Waals surface area contributed by atoms with Gasteiger partial charge in [0, 0.05) is 23.0 Å². The lowest BCUT2D eigenvalue weighted by Crippen LogP contribution is -2.32. The van der Waals surface area contributed by atoms with Crippen LogP contribution >= 0.6 is 0 Å². The molecule has 1 aliphatic rings. The largest absolute Gasteiger partial charge is 0.508 e. The van der Waals surface area contributed by atoms with Gasteiger partial charge in [-0.05, 0) is 39.8 Å². The van der Waals surface area contributed by atoms with E-state index in [2.05, 4.69) is 5.32 Å². The number of ether oxygens (including phenoxy) is 2. The third-order valence-electron chi connectivity index (χ3n) is 4.27. The van der Waals surface area contributed by atoms with Crippen LogP contribution in [0.1, 0.15) is 39.2 Å². The molecule has 2 N–H and O–H groups in total. The molecule has 0 unspecified atom stereocenters. The smallest absolute Gasteiger partial charge is 0.336 e. The Kier molecular flexibility index (Phi) is 6.40. The van der Waals surface area contributed by atoms with Crippen LogP contribution < -0.4 is 5.32 Å². The fourth-order valence-corrected chi connectivity index (χ4v) is 3.20. The Labute approximate surface area is 161 Å². The van der Waals surface area contributed by atoms with Crippen molar-refractivity contribution in [2.75, 3.05) is 13.2 Å². The standard InChI is InChI=1S/C19H22N2O7/c1-5-27-18(23)15-10(3)20-11(4)16(19(24)28-6-2)17(15)13-9-12(22)7-8-14(13)21(25)26/h7-9,17,20,22H,5-6H2,1-4H3. The van der Waals surface area contributed by atoms with Crippen molar-refractivity contribution in [2.45, 2.75) is 33.6 Å². The van der Waals surface area contributed by atoms with E-state index in [1.54, 1.807) is 27.7 Å². The number of hydrogen-bond acceptors (Lipinski definition) is 8. The number of carbonyl (C=O) groups is 2. The minimum Gasteiger partial charge on any atom is -0.508 e. The average Bonchev–Trinajstić information content (AvgIpc) is 2.60. The number of hydrogen-bond donors (Lipinski definition) is 2. The SMILES string of the molecule is CCOC(=O)C1=C(C)NC(C)=C(C(=O)OCC)C1c1cc(O)ccc1[N+](=O)[O-]. The first-order valence-electron chi connectivity index (χ1n) is 8.72. The molecule has 0 saturated carbocycles. The molecule has 9 nitrogen and oxygen atoms in total. The average molecular weight is 390 g/mol. The van der Waals surface area contributed by atoms with Crippen molar-refractivity contribution >= 4 is 17.6 Å². The minimum atomic E-state index is -1.13. The van der Waals surface area contributed by atoms with Gasteiger partial charge in [0.2, 0.25) is 0 Å². The van der Waals surface area contributed by atoms with Crippen LogP contribution in [0.25, 0.3) is 0 Å². The molecule has 0 atom stereocenters. The van der Waals surface area contributed by atoms with Crippen molar-refractivity contribution in [3.05, 3.63) is 56.4 Å².